The summed E-state index contributed by atoms with van der Waals surface area (Å²) in [6.45, 7) is 7.90. The summed E-state index contributed by atoms with van der Waals surface area (Å²) in [6, 6.07) is 9.75. The van der Waals surface area contributed by atoms with E-state index in [0.29, 0.717) is 5.17 Å². The number of aliphatic imine (C=N–C) groups is 1. The van der Waals surface area contributed by atoms with Crippen LogP contribution in [0, 0.1) is 24.0 Å². The van der Waals surface area contributed by atoms with Gasteiger partial charge in [0, 0.05) is 19.0 Å². The van der Waals surface area contributed by atoms with Crippen molar-refractivity contribution in [2.75, 3.05) is 19.0 Å². The number of para-hydroxylation sites is 1. The summed E-state index contributed by atoms with van der Waals surface area (Å²) in [5, 5.41) is 13.5. The standard InChI is InChI=1S/C23H24N4O5S/c1-5-11-26-22(29)19(33-23(26)25-21-14(2)7-6-8-15(21)3)13-20(28)24-17-10-9-16(27(30)31)12-18(17)32-4/h5-10,12,19H,1,11,13H2,2-4H3,(H,24,28). The average Bonchev–Trinajstić information content (AvgIpc) is 3.05. The zero-order valence-electron chi connectivity index (χ0n) is 18.5. The molecule has 1 atom stereocenters. The van der Waals surface area contributed by atoms with Gasteiger partial charge in [-0.25, -0.2) is 4.99 Å². The molecule has 1 fully saturated rings. The Hall–Kier alpha value is -3.66. The quantitative estimate of drug-likeness (QED) is 0.350. The van der Waals surface area contributed by atoms with E-state index in [1.807, 2.05) is 32.0 Å². The Morgan fingerprint density at radius 2 is 2.03 bits per heavy atom. The Balaban J connectivity index is 1.79. The molecule has 1 N–H and O–H groups in total. The predicted octanol–water partition coefficient (Wildman–Crippen LogP) is 4.37. The van der Waals surface area contributed by atoms with Gasteiger partial charge in [0.05, 0.1) is 29.5 Å². The molecule has 1 unspecified atom stereocenters. The number of non-ortho nitro benzene ring substituents is 1. The lowest BCUT2D eigenvalue weighted by Crippen LogP contribution is -2.33. The van der Waals surface area contributed by atoms with Crippen LogP contribution in [0.15, 0.2) is 54.0 Å². The minimum absolute atomic E-state index is 0.0942. The number of nitro benzene ring substituents is 1. The van der Waals surface area contributed by atoms with E-state index in [2.05, 4.69) is 11.9 Å². The lowest BCUT2D eigenvalue weighted by Gasteiger charge is -2.15. The van der Waals surface area contributed by atoms with Crippen molar-refractivity contribution in [3.63, 3.8) is 0 Å². The average molecular weight is 469 g/mol. The molecule has 3 rings (SSSR count). The van der Waals surface area contributed by atoms with Crippen LogP contribution in [0.4, 0.5) is 17.1 Å². The first-order valence-corrected chi connectivity index (χ1v) is 11.0. The molecule has 0 spiro atoms. The van der Waals surface area contributed by atoms with E-state index in [0.717, 1.165) is 16.8 Å². The number of thioether (sulfide) groups is 1. The highest BCUT2D eigenvalue weighted by Gasteiger charge is 2.38. The Bertz CT molecular complexity index is 1130. The van der Waals surface area contributed by atoms with Crippen LogP contribution in [0.5, 0.6) is 5.75 Å². The van der Waals surface area contributed by atoms with E-state index in [1.54, 1.807) is 6.08 Å². The first-order valence-electron chi connectivity index (χ1n) is 10.1. The van der Waals surface area contributed by atoms with Gasteiger partial charge in [0.15, 0.2) is 5.17 Å². The van der Waals surface area contributed by atoms with Gasteiger partial charge in [-0.3, -0.25) is 24.6 Å². The number of aryl methyl sites for hydroxylation is 2. The number of amides is 2. The number of hydrogen-bond donors (Lipinski definition) is 1. The number of ether oxygens (including phenoxy) is 1. The van der Waals surface area contributed by atoms with Crippen LogP contribution in [0.2, 0.25) is 0 Å². The molecule has 33 heavy (non-hydrogen) atoms. The van der Waals surface area contributed by atoms with E-state index in [-0.39, 0.29) is 36.0 Å². The molecule has 1 saturated heterocycles. The summed E-state index contributed by atoms with van der Waals surface area (Å²) in [7, 11) is 1.36. The normalized spacial score (nSPS) is 16.7. The predicted molar refractivity (Wildman–Crippen MR) is 129 cm³/mol. The Kier molecular flexibility index (Phi) is 7.49. The van der Waals surface area contributed by atoms with Crippen LogP contribution in [-0.2, 0) is 9.59 Å². The van der Waals surface area contributed by atoms with Crippen molar-refractivity contribution in [3.05, 3.63) is 70.3 Å². The second kappa shape index (κ2) is 10.3. The van der Waals surface area contributed by atoms with Gasteiger partial charge in [0.25, 0.3) is 5.69 Å². The van der Waals surface area contributed by atoms with Crippen LogP contribution in [-0.4, -0.2) is 45.7 Å². The second-order valence-corrected chi connectivity index (χ2v) is 8.54. The summed E-state index contributed by atoms with van der Waals surface area (Å²) in [5.41, 5.74) is 2.90. The Morgan fingerprint density at radius 3 is 2.64 bits per heavy atom. The van der Waals surface area contributed by atoms with E-state index < -0.39 is 16.1 Å². The topological polar surface area (TPSA) is 114 Å². The van der Waals surface area contributed by atoms with Crippen molar-refractivity contribution in [2.45, 2.75) is 25.5 Å². The lowest BCUT2D eigenvalue weighted by atomic mass is 10.1. The van der Waals surface area contributed by atoms with Gasteiger partial charge < -0.3 is 10.1 Å². The number of nitrogens with zero attached hydrogens (tertiary/aromatic N) is 3. The zero-order valence-corrected chi connectivity index (χ0v) is 19.3. The summed E-state index contributed by atoms with van der Waals surface area (Å²) in [4.78, 5) is 42.3. The summed E-state index contributed by atoms with van der Waals surface area (Å²) >= 11 is 1.23. The molecular weight excluding hydrogens is 444 g/mol. The molecule has 2 amide bonds. The smallest absolute Gasteiger partial charge is 0.273 e. The highest BCUT2D eigenvalue weighted by Crippen LogP contribution is 2.34. The van der Waals surface area contributed by atoms with Gasteiger partial charge in [-0.2, -0.15) is 0 Å². The molecule has 0 radical (unpaired) electrons. The largest absolute Gasteiger partial charge is 0.494 e. The van der Waals surface area contributed by atoms with E-state index in [4.69, 9.17) is 9.73 Å². The molecule has 0 aromatic heterocycles. The highest BCUT2D eigenvalue weighted by molar-refractivity contribution is 8.15. The van der Waals surface area contributed by atoms with Crippen LogP contribution in [0.3, 0.4) is 0 Å². The fourth-order valence-corrected chi connectivity index (χ4v) is 4.52. The van der Waals surface area contributed by atoms with E-state index >= 15 is 0 Å². The molecule has 2 aromatic carbocycles. The highest BCUT2D eigenvalue weighted by atomic mass is 32.2. The van der Waals surface area contributed by atoms with E-state index in [9.17, 15) is 19.7 Å². The summed E-state index contributed by atoms with van der Waals surface area (Å²) in [6.07, 6.45) is 1.52. The van der Waals surface area contributed by atoms with Crippen molar-refractivity contribution in [2.24, 2.45) is 4.99 Å². The number of nitro groups is 1. The zero-order chi connectivity index (χ0) is 24.1. The van der Waals surface area contributed by atoms with Crippen molar-refractivity contribution in [3.8, 4) is 5.75 Å². The molecule has 1 aliphatic heterocycles. The monoisotopic (exact) mass is 468 g/mol. The minimum Gasteiger partial charge on any atom is -0.494 e. The third-order valence-electron chi connectivity index (χ3n) is 5.02. The molecule has 10 heteroatoms. The first kappa shape index (κ1) is 24.0. The summed E-state index contributed by atoms with van der Waals surface area (Å²) < 4.78 is 5.15. The number of carbonyl (C=O) groups excluding carboxylic acids is 2. The fourth-order valence-electron chi connectivity index (χ4n) is 3.37. The second-order valence-electron chi connectivity index (χ2n) is 7.37. The third-order valence-corrected chi connectivity index (χ3v) is 6.19. The molecule has 0 saturated carbocycles. The maximum atomic E-state index is 13.0. The van der Waals surface area contributed by atoms with Crippen LogP contribution in [0.1, 0.15) is 17.5 Å². The number of amidine groups is 1. The molecular formula is C23H24N4O5S. The number of methoxy groups -OCH3 is 1. The van der Waals surface area contributed by atoms with Crippen molar-refractivity contribution < 1.29 is 19.2 Å². The fraction of sp³-hybridized carbons (Fsp3) is 0.261. The molecule has 0 bridgehead atoms. The maximum Gasteiger partial charge on any atom is 0.273 e. The first-order chi connectivity index (χ1) is 15.7. The SMILES string of the molecule is C=CCN1C(=O)C(CC(=O)Nc2ccc([N+](=O)[O-])cc2OC)SC1=Nc1c(C)cccc1C. The maximum absolute atomic E-state index is 13.0. The van der Waals surface area contributed by atoms with Crippen molar-refractivity contribution in [1.29, 1.82) is 0 Å². The Morgan fingerprint density at radius 1 is 1.33 bits per heavy atom. The van der Waals surface area contributed by atoms with Gasteiger partial charge in [-0.15, -0.1) is 6.58 Å². The van der Waals surface area contributed by atoms with Gasteiger partial charge in [-0.1, -0.05) is 36.0 Å². The molecule has 172 valence electrons. The van der Waals surface area contributed by atoms with Gasteiger partial charge in [0.2, 0.25) is 11.8 Å². The third kappa shape index (κ3) is 5.40. The minimum atomic E-state index is -0.655. The number of rotatable bonds is 8. The number of nitrogens with one attached hydrogen (secondary N) is 1. The van der Waals surface area contributed by atoms with Crippen LogP contribution in [0.25, 0.3) is 0 Å². The number of hydrogen-bond acceptors (Lipinski definition) is 7. The summed E-state index contributed by atoms with van der Waals surface area (Å²) in [5.74, 6) is -0.482. The van der Waals surface area contributed by atoms with Gasteiger partial charge >= 0.3 is 0 Å². The molecule has 1 heterocycles. The lowest BCUT2D eigenvalue weighted by molar-refractivity contribution is -0.384. The van der Waals surface area contributed by atoms with Gasteiger partial charge in [-0.05, 0) is 31.0 Å². The molecule has 2 aromatic rings. The number of carbonyl (C=O) groups is 2. The molecule has 1 aliphatic rings. The van der Waals surface area contributed by atoms with Crippen LogP contribution >= 0.6 is 11.8 Å². The van der Waals surface area contributed by atoms with Gasteiger partial charge in [0.1, 0.15) is 11.0 Å². The van der Waals surface area contributed by atoms with Crippen molar-refractivity contribution in [1.82, 2.24) is 4.90 Å². The van der Waals surface area contributed by atoms with Crippen LogP contribution < -0.4 is 10.1 Å². The van der Waals surface area contributed by atoms with E-state index in [1.165, 1.54) is 42.0 Å². The van der Waals surface area contributed by atoms with Crippen molar-refractivity contribution >= 4 is 45.8 Å². The molecule has 0 aliphatic carbocycles. The number of benzene rings is 2. The number of anilines is 1. The molecule has 9 nitrogen and oxygen atoms in total. The Labute approximate surface area is 195 Å².